The summed E-state index contributed by atoms with van der Waals surface area (Å²) in [4.78, 5) is 17.1. The summed E-state index contributed by atoms with van der Waals surface area (Å²) in [6.07, 6.45) is 9.59. The van der Waals surface area contributed by atoms with E-state index in [1.807, 2.05) is 18.1 Å². The van der Waals surface area contributed by atoms with Crippen LogP contribution in [0.25, 0.3) is 0 Å². The van der Waals surface area contributed by atoms with Crippen LogP contribution in [0.2, 0.25) is 0 Å². The molecule has 3 heterocycles. The number of rotatable bonds is 5. The number of hydrogen-bond donors (Lipinski definition) is 0. The van der Waals surface area contributed by atoms with Crippen LogP contribution in [0.4, 0.5) is 0 Å². The molecule has 2 aliphatic heterocycles. The maximum Gasteiger partial charge on any atom is 0.257 e. The van der Waals surface area contributed by atoms with Gasteiger partial charge in [-0.2, -0.15) is 5.10 Å². The molecule has 2 saturated heterocycles. The van der Waals surface area contributed by atoms with E-state index in [0.717, 1.165) is 51.6 Å². The minimum Gasteiger partial charge on any atom is -0.380 e. The quantitative estimate of drug-likeness (QED) is 0.815. The third-order valence-corrected chi connectivity index (χ3v) is 6.30. The smallest absolute Gasteiger partial charge is 0.257 e. The number of likely N-dealkylation sites (tertiary alicyclic amines) is 2. The molecule has 25 heavy (non-hydrogen) atoms. The number of piperidine rings is 1. The molecule has 0 bridgehead atoms. The second-order valence-corrected chi connectivity index (χ2v) is 8.45. The molecular formula is C19H30N4O2. The molecule has 1 spiro atoms. The third-order valence-electron chi connectivity index (χ3n) is 6.30. The van der Waals surface area contributed by atoms with Crippen LogP contribution in [0, 0.1) is 11.3 Å². The van der Waals surface area contributed by atoms with Crippen LogP contribution in [0.15, 0.2) is 12.4 Å². The van der Waals surface area contributed by atoms with Gasteiger partial charge in [-0.1, -0.05) is 0 Å². The molecule has 3 aliphatic rings. The van der Waals surface area contributed by atoms with E-state index in [9.17, 15) is 4.79 Å². The van der Waals surface area contributed by atoms with Gasteiger partial charge in [0.15, 0.2) is 0 Å². The summed E-state index contributed by atoms with van der Waals surface area (Å²) in [5.74, 6) is 0.959. The zero-order valence-corrected chi connectivity index (χ0v) is 15.5. The maximum absolute atomic E-state index is 12.6. The van der Waals surface area contributed by atoms with Crippen molar-refractivity contribution in [2.45, 2.75) is 38.1 Å². The Morgan fingerprint density at radius 1 is 1.28 bits per heavy atom. The topological polar surface area (TPSA) is 50.6 Å². The molecule has 6 nitrogen and oxygen atoms in total. The molecular weight excluding hydrogens is 316 g/mol. The largest absolute Gasteiger partial charge is 0.380 e. The molecule has 0 radical (unpaired) electrons. The highest BCUT2D eigenvalue weighted by Gasteiger charge is 2.44. The molecule has 1 aromatic heterocycles. The van der Waals surface area contributed by atoms with Crippen LogP contribution in [0.3, 0.4) is 0 Å². The second-order valence-electron chi connectivity index (χ2n) is 8.45. The van der Waals surface area contributed by atoms with Crippen molar-refractivity contribution in [3.05, 3.63) is 18.0 Å². The van der Waals surface area contributed by atoms with Gasteiger partial charge in [-0.15, -0.1) is 0 Å². The van der Waals surface area contributed by atoms with E-state index in [1.54, 1.807) is 10.9 Å². The minimum absolute atomic E-state index is 0.124. The zero-order valence-electron chi connectivity index (χ0n) is 15.5. The van der Waals surface area contributed by atoms with Gasteiger partial charge in [0.2, 0.25) is 0 Å². The number of carbonyl (C=O) groups is 1. The van der Waals surface area contributed by atoms with Gasteiger partial charge < -0.3 is 14.5 Å². The lowest BCUT2D eigenvalue weighted by atomic mass is 9.76. The maximum atomic E-state index is 12.6. The Labute approximate surface area is 150 Å². The first-order chi connectivity index (χ1) is 12.0. The Kier molecular flexibility index (Phi) is 4.58. The van der Waals surface area contributed by atoms with Crippen LogP contribution >= 0.6 is 0 Å². The van der Waals surface area contributed by atoms with E-state index >= 15 is 0 Å². The van der Waals surface area contributed by atoms with Crippen molar-refractivity contribution in [2.75, 3.05) is 39.9 Å². The molecule has 6 heteroatoms. The van der Waals surface area contributed by atoms with Crippen molar-refractivity contribution in [1.82, 2.24) is 19.6 Å². The Balaban J connectivity index is 1.29. The highest BCUT2D eigenvalue weighted by molar-refractivity contribution is 5.93. The first-order valence-corrected chi connectivity index (χ1v) is 9.61. The number of hydrogen-bond acceptors (Lipinski definition) is 4. The van der Waals surface area contributed by atoms with Crippen LogP contribution in [0.1, 0.15) is 42.5 Å². The van der Waals surface area contributed by atoms with Gasteiger partial charge in [0.05, 0.1) is 18.4 Å². The fourth-order valence-corrected chi connectivity index (χ4v) is 4.48. The lowest BCUT2D eigenvalue weighted by Crippen LogP contribution is -2.44. The second kappa shape index (κ2) is 6.72. The Bertz CT molecular complexity index is 617. The van der Waals surface area contributed by atoms with Gasteiger partial charge in [0.1, 0.15) is 0 Å². The molecule has 138 valence electrons. The average Bonchev–Trinajstić information content (AvgIpc) is 3.24. The molecule has 1 aromatic rings. The summed E-state index contributed by atoms with van der Waals surface area (Å²) in [7, 11) is 4.08. The molecule has 1 atom stereocenters. The summed E-state index contributed by atoms with van der Waals surface area (Å²) in [5.41, 5.74) is 1.07. The number of ether oxygens (including phenoxy) is 1. The highest BCUT2D eigenvalue weighted by Crippen LogP contribution is 2.43. The zero-order chi connectivity index (χ0) is 17.4. The monoisotopic (exact) mass is 346 g/mol. The number of nitrogens with zero attached hydrogens (tertiary/aromatic N) is 4. The van der Waals surface area contributed by atoms with Gasteiger partial charge >= 0.3 is 0 Å². The van der Waals surface area contributed by atoms with Crippen molar-refractivity contribution in [2.24, 2.45) is 18.4 Å². The molecule has 4 rings (SSSR count). The van der Waals surface area contributed by atoms with Gasteiger partial charge in [0.25, 0.3) is 5.91 Å². The summed E-state index contributed by atoms with van der Waals surface area (Å²) >= 11 is 0. The molecule has 0 aromatic carbocycles. The van der Waals surface area contributed by atoms with Gasteiger partial charge in [-0.3, -0.25) is 9.48 Å². The first-order valence-electron chi connectivity index (χ1n) is 9.61. The van der Waals surface area contributed by atoms with Crippen LogP contribution in [0.5, 0.6) is 0 Å². The standard InChI is InChI=1S/C19H30N4O2/c1-21-14-19(9-17(21)13-25-12-15-3-4-15)5-7-23(8-6-19)18(24)16-10-20-22(2)11-16/h10-11,15,17H,3-9,12-14H2,1-2H3/t17-/m0/s1. The minimum atomic E-state index is 0.124. The molecule has 3 fully saturated rings. The number of aromatic nitrogens is 2. The first kappa shape index (κ1) is 17.0. The lowest BCUT2D eigenvalue weighted by molar-refractivity contribution is 0.0588. The van der Waals surface area contributed by atoms with Gasteiger partial charge in [-0.05, 0) is 50.5 Å². The lowest BCUT2D eigenvalue weighted by Gasteiger charge is -2.39. The molecule has 1 aliphatic carbocycles. The summed E-state index contributed by atoms with van der Waals surface area (Å²) < 4.78 is 7.64. The number of likely N-dealkylation sites (N-methyl/N-ethyl adjacent to an activating group) is 1. The van der Waals surface area contributed by atoms with Gasteiger partial charge in [-0.25, -0.2) is 0 Å². The predicted molar refractivity (Wildman–Crippen MR) is 95.4 cm³/mol. The normalized spacial score (nSPS) is 26.5. The van der Waals surface area contributed by atoms with E-state index in [-0.39, 0.29) is 5.91 Å². The van der Waals surface area contributed by atoms with E-state index in [2.05, 4.69) is 17.0 Å². The van der Waals surface area contributed by atoms with Crippen LogP contribution in [-0.4, -0.2) is 71.4 Å². The van der Waals surface area contributed by atoms with Gasteiger partial charge in [0, 0.05) is 45.5 Å². The SMILES string of the molecule is CN1CC2(CCN(C(=O)c3cnn(C)c3)CC2)C[C@H]1COCC1CC1. The number of aryl methyl sites for hydroxylation is 1. The van der Waals surface area contributed by atoms with E-state index in [4.69, 9.17) is 4.74 Å². The number of carbonyl (C=O) groups excluding carboxylic acids is 1. The van der Waals surface area contributed by atoms with Crippen molar-refractivity contribution in [3.8, 4) is 0 Å². The summed E-state index contributed by atoms with van der Waals surface area (Å²) in [6.45, 7) is 4.67. The molecule has 0 unspecified atom stereocenters. The highest BCUT2D eigenvalue weighted by atomic mass is 16.5. The Morgan fingerprint density at radius 2 is 2.04 bits per heavy atom. The van der Waals surface area contributed by atoms with Crippen molar-refractivity contribution in [3.63, 3.8) is 0 Å². The van der Waals surface area contributed by atoms with E-state index < -0.39 is 0 Å². The number of amides is 1. The van der Waals surface area contributed by atoms with Crippen molar-refractivity contribution >= 4 is 5.91 Å². The Morgan fingerprint density at radius 3 is 2.68 bits per heavy atom. The molecule has 0 N–H and O–H groups in total. The van der Waals surface area contributed by atoms with Crippen molar-refractivity contribution in [1.29, 1.82) is 0 Å². The fourth-order valence-electron chi connectivity index (χ4n) is 4.48. The molecule has 1 saturated carbocycles. The Hall–Kier alpha value is -1.40. The fraction of sp³-hybridized carbons (Fsp3) is 0.789. The summed E-state index contributed by atoms with van der Waals surface area (Å²) in [6, 6.07) is 0.541. The van der Waals surface area contributed by atoms with E-state index in [0.29, 0.717) is 17.0 Å². The average molecular weight is 346 g/mol. The third kappa shape index (κ3) is 3.75. The summed E-state index contributed by atoms with van der Waals surface area (Å²) in [5, 5.41) is 4.12. The van der Waals surface area contributed by atoms with Crippen molar-refractivity contribution < 1.29 is 9.53 Å². The molecule has 1 amide bonds. The van der Waals surface area contributed by atoms with E-state index in [1.165, 1.54) is 19.3 Å². The predicted octanol–water partition coefficient (Wildman–Crippen LogP) is 1.77. The van der Waals surface area contributed by atoms with Crippen LogP contribution < -0.4 is 0 Å². The van der Waals surface area contributed by atoms with Crippen LogP contribution in [-0.2, 0) is 11.8 Å².